The van der Waals surface area contributed by atoms with Crippen LogP contribution in [0.5, 0.6) is 0 Å². The number of nitrogens with one attached hydrogen (secondary N) is 1. The van der Waals surface area contributed by atoms with Crippen molar-refractivity contribution in [1.29, 1.82) is 0 Å². The van der Waals surface area contributed by atoms with Gasteiger partial charge in [0.2, 0.25) is 0 Å². The molecule has 12 heavy (non-hydrogen) atoms. The molecule has 3 heteroatoms. The Balaban J connectivity index is 2.69. The fourth-order valence-electron chi connectivity index (χ4n) is 1.21. The average molecular weight is 185 g/mol. The summed E-state index contributed by atoms with van der Waals surface area (Å²) in [6, 6.07) is 4.50. The van der Waals surface area contributed by atoms with Crippen LogP contribution in [0.2, 0.25) is 0 Å². The quantitative estimate of drug-likeness (QED) is 0.775. The van der Waals surface area contributed by atoms with Crippen molar-refractivity contribution in [3.8, 4) is 0 Å². The second kappa shape index (κ2) is 4.60. The molecule has 0 aliphatic carbocycles. The van der Waals surface area contributed by atoms with E-state index in [0.717, 1.165) is 0 Å². The molecule has 1 aromatic heterocycles. The molecule has 0 aliphatic heterocycles. The topological polar surface area (TPSA) is 21.3 Å². The molecule has 0 amide bonds. The van der Waals surface area contributed by atoms with E-state index in [4.69, 9.17) is 4.74 Å². The summed E-state index contributed by atoms with van der Waals surface area (Å²) >= 11 is 1.76. The highest BCUT2D eigenvalue weighted by atomic mass is 32.1. The monoisotopic (exact) mass is 185 g/mol. The van der Waals surface area contributed by atoms with E-state index in [1.54, 1.807) is 18.4 Å². The minimum atomic E-state index is 0.216. The summed E-state index contributed by atoms with van der Waals surface area (Å²) in [6.45, 7) is 2.07. The van der Waals surface area contributed by atoms with Crippen LogP contribution in [0.25, 0.3) is 0 Å². The van der Waals surface area contributed by atoms with E-state index < -0.39 is 0 Å². The molecule has 1 heterocycles. The first-order valence-electron chi connectivity index (χ1n) is 4.03. The van der Waals surface area contributed by atoms with Gasteiger partial charge in [-0.05, 0) is 25.4 Å². The SMILES string of the molecule is CNC(c1cccs1)C(C)OC. The summed E-state index contributed by atoms with van der Waals surface area (Å²) in [7, 11) is 3.70. The van der Waals surface area contributed by atoms with Crippen molar-refractivity contribution in [3.05, 3.63) is 22.4 Å². The second-order valence-corrected chi connectivity index (χ2v) is 3.70. The molecule has 0 radical (unpaired) electrons. The van der Waals surface area contributed by atoms with E-state index >= 15 is 0 Å². The van der Waals surface area contributed by atoms with E-state index in [1.165, 1.54) is 4.88 Å². The smallest absolute Gasteiger partial charge is 0.0745 e. The molecule has 1 N–H and O–H groups in total. The second-order valence-electron chi connectivity index (χ2n) is 2.72. The maximum Gasteiger partial charge on any atom is 0.0745 e. The molecule has 2 unspecified atom stereocenters. The van der Waals surface area contributed by atoms with Crippen LogP contribution in [-0.4, -0.2) is 20.3 Å². The van der Waals surface area contributed by atoms with Crippen LogP contribution in [0.1, 0.15) is 17.8 Å². The Morgan fingerprint density at radius 2 is 2.33 bits per heavy atom. The van der Waals surface area contributed by atoms with Gasteiger partial charge in [0, 0.05) is 12.0 Å². The normalized spacial score (nSPS) is 15.9. The van der Waals surface area contributed by atoms with Crippen LogP contribution in [0.3, 0.4) is 0 Å². The van der Waals surface area contributed by atoms with Crippen LogP contribution in [-0.2, 0) is 4.74 Å². The zero-order valence-electron chi connectivity index (χ0n) is 7.70. The van der Waals surface area contributed by atoms with Gasteiger partial charge in [0.1, 0.15) is 0 Å². The Hall–Kier alpha value is -0.380. The first kappa shape index (κ1) is 9.71. The van der Waals surface area contributed by atoms with Gasteiger partial charge in [0.15, 0.2) is 0 Å². The molecule has 0 bridgehead atoms. The van der Waals surface area contributed by atoms with Crippen LogP contribution >= 0.6 is 11.3 Å². The number of hydrogen-bond acceptors (Lipinski definition) is 3. The molecule has 0 saturated carbocycles. The molecule has 1 aromatic rings. The Kier molecular flexibility index (Phi) is 3.72. The molecule has 2 atom stereocenters. The number of thiophene rings is 1. The van der Waals surface area contributed by atoms with Gasteiger partial charge >= 0.3 is 0 Å². The number of ether oxygens (including phenoxy) is 1. The maximum atomic E-state index is 5.27. The number of rotatable bonds is 4. The van der Waals surface area contributed by atoms with E-state index in [1.807, 2.05) is 7.05 Å². The van der Waals surface area contributed by atoms with Crippen molar-refractivity contribution in [1.82, 2.24) is 5.32 Å². The summed E-state index contributed by atoms with van der Waals surface area (Å²) in [4.78, 5) is 1.33. The van der Waals surface area contributed by atoms with Gasteiger partial charge in [-0.15, -0.1) is 11.3 Å². The third kappa shape index (κ3) is 2.06. The summed E-state index contributed by atoms with van der Waals surface area (Å²) in [5.41, 5.74) is 0. The van der Waals surface area contributed by atoms with Crippen LogP contribution in [0.4, 0.5) is 0 Å². The highest BCUT2D eigenvalue weighted by Gasteiger charge is 2.17. The molecule has 0 spiro atoms. The van der Waals surface area contributed by atoms with Gasteiger partial charge in [0.25, 0.3) is 0 Å². The van der Waals surface area contributed by atoms with E-state index in [9.17, 15) is 0 Å². The Morgan fingerprint density at radius 3 is 2.75 bits per heavy atom. The Bertz CT molecular complexity index is 210. The van der Waals surface area contributed by atoms with Gasteiger partial charge in [-0.25, -0.2) is 0 Å². The molecule has 0 fully saturated rings. The maximum absolute atomic E-state index is 5.27. The zero-order chi connectivity index (χ0) is 8.97. The van der Waals surface area contributed by atoms with E-state index in [-0.39, 0.29) is 6.10 Å². The number of methoxy groups -OCH3 is 1. The molecular formula is C9H15NOS. The van der Waals surface area contributed by atoms with Crippen molar-refractivity contribution >= 4 is 11.3 Å². The fraction of sp³-hybridized carbons (Fsp3) is 0.556. The highest BCUT2D eigenvalue weighted by molar-refractivity contribution is 7.10. The van der Waals surface area contributed by atoms with Crippen molar-refractivity contribution in [2.75, 3.05) is 14.2 Å². The van der Waals surface area contributed by atoms with Crippen LogP contribution in [0, 0.1) is 0 Å². The summed E-state index contributed by atoms with van der Waals surface area (Å²) in [6.07, 6.45) is 0.216. The third-order valence-corrected chi connectivity index (χ3v) is 2.96. The molecular weight excluding hydrogens is 170 g/mol. The van der Waals surface area contributed by atoms with Gasteiger partial charge < -0.3 is 10.1 Å². The summed E-state index contributed by atoms with van der Waals surface area (Å²) < 4.78 is 5.27. The Labute approximate surface area is 77.6 Å². The van der Waals surface area contributed by atoms with Crippen LogP contribution in [0.15, 0.2) is 17.5 Å². The molecule has 68 valence electrons. The highest BCUT2D eigenvalue weighted by Crippen LogP contribution is 2.22. The standard InChI is InChI=1S/C9H15NOS/c1-7(11-3)9(10-2)8-5-4-6-12-8/h4-7,9-10H,1-3H3. The lowest BCUT2D eigenvalue weighted by molar-refractivity contribution is 0.0868. The lowest BCUT2D eigenvalue weighted by Crippen LogP contribution is -2.27. The Morgan fingerprint density at radius 1 is 1.58 bits per heavy atom. The minimum Gasteiger partial charge on any atom is -0.380 e. The average Bonchev–Trinajstić information content (AvgIpc) is 2.58. The first-order valence-corrected chi connectivity index (χ1v) is 4.91. The van der Waals surface area contributed by atoms with Gasteiger partial charge in [0.05, 0.1) is 12.1 Å². The van der Waals surface area contributed by atoms with E-state index in [2.05, 4.69) is 29.8 Å². The summed E-state index contributed by atoms with van der Waals surface area (Å²) in [5.74, 6) is 0. The molecule has 0 aromatic carbocycles. The van der Waals surface area contributed by atoms with Gasteiger partial charge in [-0.2, -0.15) is 0 Å². The zero-order valence-corrected chi connectivity index (χ0v) is 8.52. The summed E-state index contributed by atoms with van der Waals surface area (Å²) in [5, 5.41) is 5.33. The van der Waals surface area contributed by atoms with Gasteiger partial charge in [-0.1, -0.05) is 6.07 Å². The minimum absolute atomic E-state index is 0.216. The lowest BCUT2D eigenvalue weighted by atomic mass is 10.1. The lowest BCUT2D eigenvalue weighted by Gasteiger charge is -2.20. The van der Waals surface area contributed by atoms with Crippen molar-refractivity contribution in [2.24, 2.45) is 0 Å². The van der Waals surface area contributed by atoms with Crippen molar-refractivity contribution in [3.63, 3.8) is 0 Å². The predicted molar refractivity (Wildman–Crippen MR) is 52.6 cm³/mol. The van der Waals surface area contributed by atoms with Crippen molar-refractivity contribution < 1.29 is 4.74 Å². The molecule has 1 rings (SSSR count). The fourth-order valence-corrected chi connectivity index (χ4v) is 2.14. The van der Waals surface area contributed by atoms with Gasteiger partial charge in [-0.3, -0.25) is 0 Å². The van der Waals surface area contributed by atoms with Crippen molar-refractivity contribution in [2.45, 2.75) is 19.1 Å². The number of hydrogen-bond donors (Lipinski definition) is 1. The van der Waals surface area contributed by atoms with E-state index in [0.29, 0.717) is 6.04 Å². The molecule has 2 nitrogen and oxygen atoms in total. The third-order valence-electron chi connectivity index (χ3n) is 2.00. The molecule has 0 aliphatic rings. The van der Waals surface area contributed by atoms with Crippen LogP contribution < -0.4 is 5.32 Å². The first-order chi connectivity index (χ1) is 5.79. The predicted octanol–water partition coefficient (Wildman–Crippen LogP) is 2.04. The molecule has 0 saturated heterocycles. The number of likely N-dealkylation sites (N-methyl/N-ethyl adjacent to an activating group) is 1. The largest absolute Gasteiger partial charge is 0.380 e.